The van der Waals surface area contributed by atoms with Gasteiger partial charge in [-0.1, -0.05) is 18.5 Å². The Morgan fingerprint density at radius 1 is 1.52 bits per heavy atom. The third-order valence-electron chi connectivity index (χ3n) is 3.83. The van der Waals surface area contributed by atoms with Crippen LogP contribution in [0, 0.1) is 0 Å². The molecule has 1 N–H and O–H groups in total. The molecule has 1 aromatic rings. The second-order valence-electron chi connectivity index (χ2n) is 5.34. The molecule has 0 saturated carbocycles. The van der Waals surface area contributed by atoms with Gasteiger partial charge < -0.3 is 15.0 Å². The first-order chi connectivity index (χ1) is 10.2. The molecule has 1 aliphatic rings. The minimum atomic E-state index is 0.00454. The Labute approximate surface area is 131 Å². The fourth-order valence-corrected chi connectivity index (χ4v) is 2.96. The van der Waals surface area contributed by atoms with Crippen molar-refractivity contribution < 1.29 is 9.53 Å². The SMILES string of the molecule is CCCN(C(=O)c1cc(Cl)ccc1OC)C1CCCNC1. The van der Waals surface area contributed by atoms with Crippen LogP contribution in [0.2, 0.25) is 5.02 Å². The number of benzene rings is 1. The van der Waals surface area contributed by atoms with Crippen LogP contribution in [0.4, 0.5) is 0 Å². The number of methoxy groups -OCH3 is 1. The molecule has 1 heterocycles. The maximum atomic E-state index is 12.9. The van der Waals surface area contributed by atoms with Gasteiger partial charge in [-0.05, 0) is 44.0 Å². The predicted molar refractivity (Wildman–Crippen MR) is 85.2 cm³/mol. The minimum absolute atomic E-state index is 0.00454. The monoisotopic (exact) mass is 310 g/mol. The summed E-state index contributed by atoms with van der Waals surface area (Å²) in [7, 11) is 1.58. The molecule has 0 bridgehead atoms. The predicted octanol–water partition coefficient (Wildman–Crippen LogP) is 2.95. The molecular formula is C16H23ClN2O2. The number of carbonyl (C=O) groups is 1. The second kappa shape index (κ2) is 7.66. The second-order valence-corrected chi connectivity index (χ2v) is 5.78. The lowest BCUT2D eigenvalue weighted by Crippen LogP contribution is -2.49. The lowest BCUT2D eigenvalue weighted by molar-refractivity contribution is 0.0645. The molecule has 1 atom stereocenters. The number of nitrogens with zero attached hydrogens (tertiary/aromatic N) is 1. The average Bonchev–Trinajstić information content (AvgIpc) is 2.52. The van der Waals surface area contributed by atoms with Gasteiger partial charge in [0.25, 0.3) is 5.91 Å². The third-order valence-corrected chi connectivity index (χ3v) is 4.06. The van der Waals surface area contributed by atoms with Crippen LogP contribution in [0.15, 0.2) is 18.2 Å². The van der Waals surface area contributed by atoms with Gasteiger partial charge in [0.1, 0.15) is 5.75 Å². The van der Waals surface area contributed by atoms with E-state index in [4.69, 9.17) is 16.3 Å². The Kier molecular flexibility index (Phi) is 5.88. The highest BCUT2D eigenvalue weighted by Gasteiger charge is 2.27. The van der Waals surface area contributed by atoms with Crippen LogP contribution in [0.1, 0.15) is 36.5 Å². The van der Waals surface area contributed by atoms with E-state index in [1.807, 2.05) is 4.90 Å². The molecule has 1 amide bonds. The average molecular weight is 311 g/mol. The lowest BCUT2D eigenvalue weighted by Gasteiger charge is -2.35. The molecule has 0 aliphatic carbocycles. The molecule has 1 aliphatic heterocycles. The number of carbonyl (C=O) groups excluding carboxylic acids is 1. The summed E-state index contributed by atoms with van der Waals surface area (Å²) in [4.78, 5) is 14.9. The molecule has 0 spiro atoms. The molecule has 1 aromatic carbocycles. The number of rotatable bonds is 5. The van der Waals surface area contributed by atoms with Gasteiger partial charge in [0, 0.05) is 24.2 Å². The largest absolute Gasteiger partial charge is 0.496 e. The van der Waals surface area contributed by atoms with E-state index >= 15 is 0 Å². The lowest BCUT2D eigenvalue weighted by atomic mass is 10.0. The third kappa shape index (κ3) is 3.89. The molecule has 5 heteroatoms. The maximum Gasteiger partial charge on any atom is 0.257 e. The fourth-order valence-electron chi connectivity index (χ4n) is 2.79. The number of ether oxygens (including phenoxy) is 1. The van der Waals surface area contributed by atoms with Crippen molar-refractivity contribution in [3.05, 3.63) is 28.8 Å². The number of amides is 1. The molecule has 1 fully saturated rings. The molecule has 116 valence electrons. The quantitative estimate of drug-likeness (QED) is 0.909. The zero-order valence-electron chi connectivity index (χ0n) is 12.7. The van der Waals surface area contributed by atoms with Crippen molar-refractivity contribution in [1.29, 1.82) is 0 Å². The highest BCUT2D eigenvalue weighted by Crippen LogP contribution is 2.25. The number of nitrogens with one attached hydrogen (secondary N) is 1. The van der Waals surface area contributed by atoms with Crippen LogP contribution >= 0.6 is 11.6 Å². The van der Waals surface area contributed by atoms with Gasteiger partial charge in [-0.3, -0.25) is 4.79 Å². The van der Waals surface area contributed by atoms with E-state index < -0.39 is 0 Å². The van der Waals surface area contributed by atoms with Gasteiger partial charge in [-0.2, -0.15) is 0 Å². The summed E-state index contributed by atoms with van der Waals surface area (Å²) in [6.45, 7) is 4.73. The number of hydrogen-bond donors (Lipinski definition) is 1. The van der Waals surface area contributed by atoms with Gasteiger partial charge in [0.15, 0.2) is 0 Å². The maximum absolute atomic E-state index is 12.9. The summed E-state index contributed by atoms with van der Waals surface area (Å²) >= 11 is 6.05. The number of halogens is 1. The van der Waals surface area contributed by atoms with Crippen molar-refractivity contribution in [1.82, 2.24) is 10.2 Å². The van der Waals surface area contributed by atoms with Gasteiger partial charge in [0.05, 0.1) is 12.7 Å². The zero-order chi connectivity index (χ0) is 15.2. The molecule has 1 unspecified atom stereocenters. The Morgan fingerprint density at radius 3 is 2.95 bits per heavy atom. The van der Waals surface area contributed by atoms with E-state index in [1.54, 1.807) is 25.3 Å². The van der Waals surface area contributed by atoms with Gasteiger partial charge in [-0.25, -0.2) is 0 Å². The van der Waals surface area contributed by atoms with E-state index in [0.717, 1.165) is 38.9 Å². The molecule has 0 aromatic heterocycles. The highest BCUT2D eigenvalue weighted by molar-refractivity contribution is 6.31. The minimum Gasteiger partial charge on any atom is -0.496 e. The molecule has 4 nitrogen and oxygen atoms in total. The van der Waals surface area contributed by atoms with Crippen molar-refractivity contribution in [3.8, 4) is 5.75 Å². The van der Waals surface area contributed by atoms with Gasteiger partial charge >= 0.3 is 0 Å². The van der Waals surface area contributed by atoms with E-state index in [9.17, 15) is 4.79 Å². The van der Waals surface area contributed by atoms with Crippen molar-refractivity contribution in [2.75, 3.05) is 26.7 Å². The molecule has 0 radical (unpaired) electrons. The zero-order valence-corrected chi connectivity index (χ0v) is 13.4. The topological polar surface area (TPSA) is 41.6 Å². The fraction of sp³-hybridized carbons (Fsp3) is 0.562. The summed E-state index contributed by atoms with van der Waals surface area (Å²) in [5.41, 5.74) is 0.545. The Bertz CT molecular complexity index is 487. The smallest absolute Gasteiger partial charge is 0.257 e. The van der Waals surface area contributed by atoms with Crippen molar-refractivity contribution in [3.63, 3.8) is 0 Å². The van der Waals surface area contributed by atoms with Crippen LogP contribution in [-0.4, -0.2) is 43.6 Å². The Morgan fingerprint density at radius 2 is 2.33 bits per heavy atom. The summed E-state index contributed by atoms with van der Waals surface area (Å²) < 4.78 is 5.32. The van der Waals surface area contributed by atoms with E-state index in [-0.39, 0.29) is 11.9 Å². The van der Waals surface area contributed by atoms with Crippen LogP contribution in [0.3, 0.4) is 0 Å². The van der Waals surface area contributed by atoms with E-state index in [2.05, 4.69) is 12.2 Å². The normalized spacial score (nSPS) is 18.3. The highest BCUT2D eigenvalue weighted by atomic mass is 35.5. The molecule has 21 heavy (non-hydrogen) atoms. The van der Waals surface area contributed by atoms with E-state index in [0.29, 0.717) is 16.3 Å². The number of piperidine rings is 1. The van der Waals surface area contributed by atoms with Gasteiger partial charge in [0.2, 0.25) is 0 Å². The van der Waals surface area contributed by atoms with E-state index in [1.165, 1.54) is 0 Å². The van der Waals surface area contributed by atoms with Crippen LogP contribution in [-0.2, 0) is 0 Å². The summed E-state index contributed by atoms with van der Waals surface area (Å²) in [6.07, 6.45) is 3.08. The standard InChI is InChI=1S/C16H23ClN2O2/c1-3-9-19(13-5-4-8-18-11-13)16(20)14-10-12(17)6-7-15(14)21-2/h6-7,10,13,18H,3-5,8-9,11H2,1-2H3. The molecular weight excluding hydrogens is 288 g/mol. The summed E-state index contributed by atoms with van der Waals surface area (Å²) in [5.74, 6) is 0.583. The van der Waals surface area contributed by atoms with Crippen LogP contribution in [0.5, 0.6) is 5.75 Å². The van der Waals surface area contributed by atoms with Gasteiger partial charge in [-0.15, -0.1) is 0 Å². The first kappa shape index (κ1) is 16.1. The Balaban J connectivity index is 2.27. The molecule has 1 saturated heterocycles. The van der Waals surface area contributed by atoms with Crippen LogP contribution in [0.25, 0.3) is 0 Å². The van der Waals surface area contributed by atoms with Crippen LogP contribution < -0.4 is 10.1 Å². The van der Waals surface area contributed by atoms with Crippen molar-refractivity contribution >= 4 is 17.5 Å². The first-order valence-corrected chi connectivity index (χ1v) is 7.90. The first-order valence-electron chi connectivity index (χ1n) is 7.52. The summed E-state index contributed by atoms with van der Waals surface area (Å²) in [6, 6.07) is 5.43. The molecule has 2 rings (SSSR count). The Hall–Kier alpha value is -1.26. The van der Waals surface area contributed by atoms with Crippen molar-refractivity contribution in [2.45, 2.75) is 32.2 Å². The summed E-state index contributed by atoms with van der Waals surface area (Å²) in [5, 5.41) is 3.92. The number of hydrogen-bond acceptors (Lipinski definition) is 3. The van der Waals surface area contributed by atoms with Crippen molar-refractivity contribution in [2.24, 2.45) is 0 Å².